The van der Waals surface area contributed by atoms with Gasteiger partial charge in [0.05, 0.1) is 12.9 Å². The molecule has 1 aliphatic rings. The average Bonchev–Trinajstić information content (AvgIpc) is 3.07. The van der Waals surface area contributed by atoms with Crippen molar-refractivity contribution in [2.45, 2.75) is 44.3 Å². The molecule has 0 radical (unpaired) electrons. The summed E-state index contributed by atoms with van der Waals surface area (Å²) in [4.78, 5) is 13.0. The number of nitrogens with two attached hydrogens (primary N) is 1. The number of aromatic nitrogens is 4. The number of methoxy groups -OCH3 is 1. The molecule has 0 aliphatic carbocycles. The highest BCUT2D eigenvalue weighted by Crippen LogP contribution is 2.33. The molecule has 23 heavy (non-hydrogen) atoms. The third-order valence-corrected chi connectivity index (χ3v) is 4.02. The predicted octanol–water partition coefficient (Wildman–Crippen LogP) is -0.203. The molecule has 4 atom stereocenters. The van der Waals surface area contributed by atoms with Gasteiger partial charge in [0.15, 0.2) is 17.7 Å². The molecule has 1 aliphatic heterocycles. The molecule has 0 bridgehead atoms. The molecule has 4 N–H and O–H groups in total. The lowest BCUT2D eigenvalue weighted by molar-refractivity contribution is -0.0583. The van der Waals surface area contributed by atoms with Crippen molar-refractivity contribution in [3.8, 4) is 0 Å². The maximum Gasteiger partial charge on any atom is 0.167 e. The molecule has 1 saturated heterocycles. The van der Waals surface area contributed by atoms with Crippen molar-refractivity contribution >= 4 is 17.0 Å². The molecule has 2 aromatic rings. The minimum Gasteiger partial charge on any atom is -0.394 e. The fourth-order valence-electron chi connectivity index (χ4n) is 2.75. The number of imidazole rings is 1. The van der Waals surface area contributed by atoms with Crippen molar-refractivity contribution in [1.29, 1.82) is 0 Å². The topological polar surface area (TPSA) is 129 Å². The second kappa shape index (κ2) is 6.00. The van der Waals surface area contributed by atoms with Crippen molar-refractivity contribution in [3.05, 3.63) is 12.2 Å². The lowest BCUT2D eigenvalue weighted by Crippen LogP contribution is -2.34. The van der Waals surface area contributed by atoms with Gasteiger partial charge in [-0.15, -0.1) is 0 Å². The standard InChI is InChI=1S/C14H21N5O4/c1-6(2)12-17-11(15)8-13(18-12)19(5-16-8)14-10(22-3)9(21)7(4-20)23-14/h5-7,9-10,14,20-21H,4H2,1-3H3,(H2,15,17,18)/t7-,9?,10?,14-/m1/s1. The second-order valence-electron chi connectivity index (χ2n) is 5.88. The highest BCUT2D eigenvalue weighted by Gasteiger charge is 2.45. The molecule has 9 heteroatoms. The Bertz CT molecular complexity index is 704. The fraction of sp³-hybridized carbons (Fsp3) is 0.643. The van der Waals surface area contributed by atoms with Gasteiger partial charge < -0.3 is 25.4 Å². The summed E-state index contributed by atoms with van der Waals surface area (Å²) in [6.07, 6.45) is -1.46. The Morgan fingerprint density at radius 3 is 2.78 bits per heavy atom. The van der Waals surface area contributed by atoms with Crippen molar-refractivity contribution in [2.75, 3.05) is 19.5 Å². The zero-order valence-electron chi connectivity index (χ0n) is 13.2. The Hall–Kier alpha value is -1.81. The molecule has 2 aromatic heterocycles. The molecule has 9 nitrogen and oxygen atoms in total. The number of hydrogen-bond donors (Lipinski definition) is 3. The van der Waals surface area contributed by atoms with Crippen LogP contribution in [0.15, 0.2) is 6.33 Å². The van der Waals surface area contributed by atoms with Crippen molar-refractivity contribution in [1.82, 2.24) is 19.5 Å². The number of nitrogen functional groups attached to an aromatic ring is 1. The van der Waals surface area contributed by atoms with Gasteiger partial charge in [-0.1, -0.05) is 13.8 Å². The average molecular weight is 323 g/mol. The summed E-state index contributed by atoms with van der Waals surface area (Å²) < 4.78 is 12.7. The van der Waals surface area contributed by atoms with E-state index in [0.717, 1.165) is 0 Å². The van der Waals surface area contributed by atoms with Gasteiger partial charge in [0.1, 0.15) is 29.7 Å². The lowest BCUT2D eigenvalue weighted by atomic mass is 10.1. The smallest absolute Gasteiger partial charge is 0.167 e. The summed E-state index contributed by atoms with van der Waals surface area (Å²) >= 11 is 0. The highest BCUT2D eigenvalue weighted by molar-refractivity contribution is 5.81. The molecular formula is C14H21N5O4. The maximum atomic E-state index is 10.2. The van der Waals surface area contributed by atoms with Gasteiger partial charge >= 0.3 is 0 Å². The van der Waals surface area contributed by atoms with E-state index in [1.807, 2.05) is 13.8 Å². The van der Waals surface area contributed by atoms with Crippen LogP contribution in [0.5, 0.6) is 0 Å². The van der Waals surface area contributed by atoms with Crippen LogP contribution in [0.3, 0.4) is 0 Å². The van der Waals surface area contributed by atoms with Gasteiger partial charge in [0.25, 0.3) is 0 Å². The van der Waals surface area contributed by atoms with E-state index in [0.29, 0.717) is 22.8 Å². The first-order valence-electron chi connectivity index (χ1n) is 7.45. The molecule has 0 amide bonds. The van der Waals surface area contributed by atoms with Crippen LogP contribution < -0.4 is 5.73 Å². The van der Waals surface area contributed by atoms with E-state index >= 15 is 0 Å². The van der Waals surface area contributed by atoms with Crippen molar-refractivity contribution in [3.63, 3.8) is 0 Å². The summed E-state index contributed by atoms with van der Waals surface area (Å²) in [6, 6.07) is 0. The Morgan fingerprint density at radius 1 is 1.43 bits per heavy atom. The van der Waals surface area contributed by atoms with E-state index in [9.17, 15) is 10.2 Å². The highest BCUT2D eigenvalue weighted by atomic mass is 16.6. The van der Waals surface area contributed by atoms with Crippen LogP contribution in [0, 0.1) is 0 Å². The minimum atomic E-state index is -0.948. The normalized spacial score (nSPS) is 28.1. The summed E-state index contributed by atoms with van der Waals surface area (Å²) in [5.41, 5.74) is 6.95. The van der Waals surface area contributed by atoms with E-state index in [2.05, 4.69) is 15.0 Å². The minimum absolute atomic E-state index is 0.101. The predicted molar refractivity (Wildman–Crippen MR) is 81.6 cm³/mol. The number of aliphatic hydroxyl groups excluding tert-OH is 2. The summed E-state index contributed by atoms with van der Waals surface area (Å²) in [6.45, 7) is 3.63. The van der Waals surface area contributed by atoms with Crippen LogP contribution >= 0.6 is 0 Å². The summed E-state index contributed by atoms with van der Waals surface area (Å²) in [5.74, 6) is 0.996. The van der Waals surface area contributed by atoms with Gasteiger partial charge in [-0.2, -0.15) is 0 Å². The maximum absolute atomic E-state index is 10.2. The molecule has 1 fully saturated rings. The fourth-order valence-corrected chi connectivity index (χ4v) is 2.75. The molecule has 126 valence electrons. The van der Waals surface area contributed by atoms with Gasteiger partial charge in [-0.25, -0.2) is 15.0 Å². The third-order valence-electron chi connectivity index (χ3n) is 4.02. The molecule has 0 aromatic carbocycles. The summed E-state index contributed by atoms with van der Waals surface area (Å²) in [7, 11) is 1.48. The van der Waals surface area contributed by atoms with Crippen molar-refractivity contribution < 1.29 is 19.7 Å². The third kappa shape index (κ3) is 2.55. The molecular weight excluding hydrogens is 302 g/mol. The Kier molecular flexibility index (Phi) is 4.19. The number of ether oxygens (including phenoxy) is 2. The Morgan fingerprint density at radius 2 is 2.17 bits per heavy atom. The number of hydrogen-bond acceptors (Lipinski definition) is 8. The number of fused-ring (bicyclic) bond motifs is 1. The molecule has 0 spiro atoms. The van der Waals surface area contributed by atoms with Gasteiger partial charge in [0.2, 0.25) is 0 Å². The van der Waals surface area contributed by atoms with Crippen LogP contribution in [0.4, 0.5) is 5.82 Å². The molecule has 3 heterocycles. The zero-order chi connectivity index (χ0) is 16.7. The number of anilines is 1. The quantitative estimate of drug-likeness (QED) is 0.705. The summed E-state index contributed by atoms with van der Waals surface area (Å²) in [5, 5.41) is 19.5. The number of rotatable bonds is 4. The van der Waals surface area contributed by atoms with Crippen LogP contribution in [-0.4, -0.2) is 61.8 Å². The zero-order valence-corrected chi connectivity index (χ0v) is 13.2. The van der Waals surface area contributed by atoms with Crippen LogP contribution in [0.1, 0.15) is 31.8 Å². The monoisotopic (exact) mass is 323 g/mol. The molecule has 0 saturated carbocycles. The van der Waals surface area contributed by atoms with Gasteiger partial charge in [-0.05, 0) is 0 Å². The van der Waals surface area contributed by atoms with Crippen LogP contribution in [-0.2, 0) is 9.47 Å². The SMILES string of the molecule is COC1C(O)[C@@H](CO)O[C@H]1n1cnc2c(N)nc(C(C)C)nc21. The Balaban J connectivity index is 2.09. The van der Waals surface area contributed by atoms with Gasteiger partial charge in [0, 0.05) is 13.0 Å². The van der Waals surface area contributed by atoms with E-state index in [4.69, 9.17) is 15.2 Å². The van der Waals surface area contributed by atoms with E-state index < -0.39 is 24.5 Å². The second-order valence-corrected chi connectivity index (χ2v) is 5.88. The first-order chi connectivity index (χ1) is 11.0. The first-order valence-corrected chi connectivity index (χ1v) is 7.45. The van der Waals surface area contributed by atoms with Gasteiger partial charge in [-0.3, -0.25) is 4.57 Å². The van der Waals surface area contributed by atoms with E-state index in [1.165, 1.54) is 13.4 Å². The number of aliphatic hydroxyl groups is 2. The van der Waals surface area contributed by atoms with E-state index in [-0.39, 0.29) is 12.5 Å². The Labute approximate surface area is 133 Å². The van der Waals surface area contributed by atoms with Crippen LogP contribution in [0.2, 0.25) is 0 Å². The molecule has 3 rings (SSSR count). The number of nitrogens with zero attached hydrogens (tertiary/aromatic N) is 4. The molecule has 2 unspecified atom stereocenters. The van der Waals surface area contributed by atoms with Crippen molar-refractivity contribution in [2.24, 2.45) is 0 Å². The lowest BCUT2D eigenvalue weighted by Gasteiger charge is -2.20. The van der Waals surface area contributed by atoms with Crippen LogP contribution in [0.25, 0.3) is 11.2 Å². The first kappa shape index (κ1) is 16.1. The largest absolute Gasteiger partial charge is 0.394 e. The van der Waals surface area contributed by atoms with E-state index in [1.54, 1.807) is 4.57 Å².